The van der Waals surface area contributed by atoms with Crippen molar-refractivity contribution in [1.29, 1.82) is 0 Å². The predicted molar refractivity (Wildman–Crippen MR) is 180 cm³/mol. The number of aryl methyl sites for hydroxylation is 2. The van der Waals surface area contributed by atoms with E-state index in [0.717, 1.165) is 26.2 Å². The van der Waals surface area contributed by atoms with Gasteiger partial charge in [-0.15, -0.1) is 0 Å². The molecule has 0 bridgehead atoms. The zero-order valence-corrected chi connectivity index (χ0v) is 25.8. The number of allylic oxidation sites excluding steroid dienone is 3. The highest BCUT2D eigenvalue weighted by molar-refractivity contribution is 5.80. The highest BCUT2D eigenvalue weighted by Gasteiger charge is 2.18. The topological polar surface area (TPSA) is 6.48 Å². The van der Waals surface area contributed by atoms with Gasteiger partial charge >= 0.3 is 0 Å². The Morgan fingerprint density at radius 1 is 0.585 bits per heavy atom. The zero-order valence-electron chi connectivity index (χ0n) is 25.8. The van der Waals surface area contributed by atoms with Crippen LogP contribution in [0.4, 0.5) is 11.4 Å². The Labute approximate surface area is 248 Å². The second kappa shape index (κ2) is 14.6. The van der Waals surface area contributed by atoms with Gasteiger partial charge in [-0.25, -0.2) is 0 Å². The third kappa shape index (κ3) is 7.19. The number of rotatable bonds is 12. The first kappa shape index (κ1) is 29.9. The summed E-state index contributed by atoms with van der Waals surface area (Å²) in [5.41, 5.74) is 11.6. The minimum atomic E-state index is 0.149. The third-order valence-electron chi connectivity index (χ3n) is 8.17. The van der Waals surface area contributed by atoms with E-state index < -0.39 is 0 Å². The van der Waals surface area contributed by atoms with Crippen LogP contribution in [0.1, 0.15) is 67.0 Å². The van der Waals surface area contributed by atoms with Crippen LogP contribution in [-0.4, -0.2) is 26.2 Å². The van der Waals surface area contributed by atoms with E-state index in [1.165, 1.54) is 50.3 Å². The van der Waals surface area contributed by atoms with Crippen LogP contribution in [0, 0.1) is 13.8 Å². The summed E-state index contributed by atoms with van der Waals surface area (Å²) in [4.78, 5) is 4.83. The molecule has 0 amide bonds. The molecular weight excluding hydrogens is 496 g/mol. The van der Waals surface area contributed by atoms with Crippen LogP contribution in [0.25, 0.3) is 5.57 Å². The molecule has 0 N–H and O–H groups in total. The molecule has 0 radical (unpaired) electrons. The minimum Gasteiger partial charge on any atom is -0.372 e. The first-order valence-corrected chi connectivity index (χ1v) is 15.2. The summed E-state index contributed by atoms with van der Waals surface area (Å²) in [5.74, 6) is 0.149. The molecule has 0 aliphatic carbocycles. The minimum absolute atomic E-state index is 0.149. The van der Waals surface area contributed by atoms with Crippen molar-refractivity contribution in [2.75, 3.05) is 36.0 Å². The monoisotopic (exact) mass is 542 g/mol. The maximum atomic E-state index is 2.42. The molecule has 0 unspecified atom stereocenters. The molecule has 2 heteroatoms. The van der Waals surface area contributed by atoms with Crippen molar-refractivity contribution in [1.82, 2.24) is 0 Å². The van der Waals surface area contributed by atoms with E-state index in [-0.39, 0.29) is 5.92 Å². The molecular formula is C39H46N2. The summed E-state index contributed by atoms with van der Waals surface area (Å²) in [5, 5.41) is 0. The van der Waals surface area contributed by atoms with Crippen LogP contribution in [0.5, 0.6) is 0 Å². The predicted octanol–water partition coefficient (Wildman–Crippen LogP) is 9.82. The fraction of sp³-hybridized carbons (Fsp3) is 0.282. The molecule has 4 rings (SSSR count). The van der Waals surface area contributed by atoms with Gasteiger partial charge in [0, 0.05) is 43.5 Å². The summed E-state index contributed by atoms with van der Waals surface area (Å²) < 4.78 is 0. The Bertz CT molecular complexity index is 1340. The van der Waals surface area contributed by atoms with Gasteiger partial charge in [-0.05, 0) is 105 Å². The van der Waals surface area contributed by atoms with Gasteiger partial charge in [0.25, 0.3) is 0 Å². The number of anilines is 2. The average molecular weight is 543 g/mol. The highest BCUT2D eigenvalue weighted by Crippen LogP contribution is 2.35. The van der Waals surface area contributed by atoms with Crippen LogP contribution in [-0.2, 0) is 0 Å². The summed E-state index contributed by atoms with van der Waals surface area (Å²) in [6.45, 7) is 17.5. The molecule has 0 saturated heterocycles. The Morgan fingerprint density at radius 2 is 1.00 bits per heavy atom. The molecule has 0 aliphatic rings. The fourth-order valence-electron chi connectivity index (χ4n) is 5.82. The van der Waals surface area contributed by atoms with Crippen LogP contribution in [0.3, 0.4) is 0 Å². The maximum Gasteiger partial charge on any atom is 0.0368 e. The van der Waals surface area contributed by atoms with Crippen molar-refractivity contribution >= 4 is 16.9 Å². The van der Waals surface area contributed by atoms with Crippen LogP contribution < -0.4 is 9.80 Å². The van der Waals surface area contributed by atoms with E-state index >= 15 is 0 Å². The van der Waals surface area contributed by atoms with E-state index in [9.17, 15) is 0 Å². The summed E-state index contributed by atoms with van der Waals surface area (Å²) in [6, 6.07) is 35.4. The molecule has 0 spiro atoms. The van der Waals surface area contributed by atoms with E-state index in [4.69, 9.17) is 0 Å². The summed E-state index contributed by atoms with van der Waals surface area (Å²) in [6.07, 6.45) is 6.91. The SMILES string of the molecule is CCN(CC)c1ccc(C(/C=C/C=C(c2ccccc2)c2ccccc2)c2ccc(N(CC)CC)cc2C)c(C)c1. The van der Waals surface area contributed by atoms with Gasteiger partial charge in [0.2, 0.25) is 0 Å². The Kier molecular flexibility index (Phi) is 10.6. The first-order valence-electron chi connectivity index (χ1n) is 15.2. The molecule has 4 aromatic rings. The average Bonchev–Trinajstić information content (AvgIpc) is 3.00. The number of benzene rings is 4. The van der Waals surface area contributed by atoms with Crippen molar-refractivity contribution in [3.8, 4) is 0 Å². The van der Waals surface area contributed by atoms with E-state index in [1.54, 1.807) is 0 Å². The molecule has 0 fully saturated rings. The lowest BCUT2D eigenvalue weighted by molar-refractivity contribution is 0.861. The van der Waals surface area contributed by atoms with Gasteiger partial charge in [-0.3, -0.25) is 0 Å². The van der Waals surface area contributed by atoms with Crippen LogP contribution in [0.15, 0.2) is 115 Å². The fourth-order valence-corrected chi connectivity index (χ4v) is 5.82. The Morgan fingerprint density at radius 3 is 1.37 bits per heavy atom. The zero-order chi connectivity index (χ0) is 29.2. The molecule has 4 aromatic carbocycles. The van der Waals surface area contributed by atoms with Crippen LogP contribution in [0.2, 0.25) is 0 Å². The number of hydrogen-bond donors (Lipinski definition) is 0. The van der Waals surface area contributed by atoms with Crippen molar-refractivity contribution in [2.24, 2.45) is 0 Å². The maximum absolute atomic E-state index is 2.42. The quantitative estimate of drug-likeness (QED) is 0.164. The lowest BCUT2D eigenvalue weighted by atomic mass is 9.85. The lowest BCUT2D eigenvalue weighted by Crippen LogP contribution is -2.22. The molecule has 0 heterocycles. The molecule has 212 valence electrons. The van der Waals surface area contributed by atoms with E-state index in [0.29, 0.717) is 0 Å². The van der Waals surface area contributed by atoms with Crippen LogP contribution >= 0.6 is 0 Å². The highest BCUT2D eigenvalue weighted by atomic mass is 15.1. The number of hydrogen-bond acceptors (Lipinski definition) is 2. The van der Waals surface area contributed by atoms with Crippen molar-refractivity contribution < 1.29 is 0 Å². The Hall–Kier alpha value is -4.04. The molecule has 0 atom stereocenters. The van der Waals surface area contributed by atoms with E-state index in [2.05, 4.69) is 167 Å². The van der Waals surface area contributed by atoms with Gasteiger partial charge in [0.1, 0.15) is 0 Å². The van der Waals surface area contributed by atoms with Gasteiger partial charge < -0.3 is 9.80 Å². The van der Waals surface area contributed by atoms with Gasteiger partial charge in [-0.2, -0.15) is 0 Å². The largest absolute Gasteiger partial charge is 0.372 e. The molecule has 0 saturated carbocycles. The smallest absolute Gasteiger partial charge is 0.0368 e. The van der Waals surface area contributed by atoms with Gasteiger partial charge in [-0.1, -0.05) is 91.0 Å². The molecule has 2 nitrogen and oxygen atoms in total. The van der Waals surface area contributed by atoms with Crippen molar-refractivity contribution in [3.63, 3.8) is 0 Å². The summed E-state index contributed by atoms with van der Waals surface area (Å²) in [7, 11) is 0. The van der Waals surface area contributed by atoms with E-state index in [1.807, 2.05) is 0 Å². The number of nitrogens with zero attached hydrogens (tertiary/aromatic N) is 2. The third-order valence-corrected chi connectivity index (χ3v) is 8.17. The first-order chi connectivity index (χ1) is 20.0. The van der Waals surface area contributed by atoms with Crippen molar-refractivity contribution in [2.45, 2.75) is 47.5 Å². The molecule has 0 aromatic heterocycles. The van der Waals surface area contributed by atoms with Gasteiger partial charge in [0.05, 0.1) is 0 Å². The second-order valence-electron chi connectivity index (χ2n) is 10.6. The summed E-state index contributed by atoms with van der Waals surface area (Å²) >= 11 is 0. The second-order valence-corrected chi connectivity index (χ2v) is 10.6. The van der Waals surface area contributed by atoms with Gasteiger partial charge in [0.15, 0.2) is 0 Å². The van der Waals surface area contributed by atoms with Crippen molar-refractivity contribution in [3.05, 3.63) is 149 Å². The molecule has 0 aliphatic heterocycles. The molecule has 41 heavy (non-hydrogen) atoms. The normalized spacial score (nSPS) is 11.2. The Balaban J connectivity index is 1.81. The lowest BCUT2D eigenvalue weighted by Gasteiger charge is -2.26. The standard InChI is InChI=1S/C39H46N2/c1-7-40(8-2)34-24-26-36(30(5)28-34)39(37-27-25-35(29-31(37)6)41(9-3)10-4)23-17-22-38(32-18-13-11-14-19-32)33-20-15-12-16-21-33/h11-29,39H,7-10H2,1-6H3/b23-17+.